The molecule has 2 aromatic rings. The van der Waals surface area contributed by atoms with Gasteiger partial charge in [-0.3, -0.25) is 0 Å². The summed E-state index contributed by atoms with van der Waals surface area (Å²) in [4.78, 5) is 4.98. The number of aryl methyl sites for hydroxylation is 2. The van der Waals surface area contributed by atoms with Crippen molar-refractivity contribution in [1.29, 1.82) is 0 Å². The first kappa shape index (κ1) is 13.9. The number of hydrogen-bond acceptors (Lipinski definition) is 4. The summed E-state index contributed by atoms with van der Waals surface area (Å²) in [7, 11) is 3.99. The van der Waals surface area contributed by atoms with Gasteiger partial charge in [-0.1, -0.05) is 12.1 Å². The van der Waals surface area contributed by atoms with Gasteiger partial charge in [0, 0.05) is 23.8 Å². The highest BCUT2D eigenvalue weighted by atomic mass is 32.1. The van der Waals surface area contributed by atoms with Gasteiger partial charge in [-0.15, -0.1) is 11.3 Å². The summed E-state index contributed by atoms with van der Waals surface area (Å²) in [6.07, 6.45) is 0. The Hall–Kier alpha value is -1.52. The van der Waals surface area contributed by atoms with Gasteiger partial charge in [0.1, 0.15) is 0 Å². The smallest absolute Gasteiger partial charge is 0.0750 e. The van der Waals surface area contributed by atoms with Crippen molar-refractivity contribution in [1.82, 2.24) is 0 Å². The predicted molar refractivity (Wildman–Crippen MR) is 84.9 cm³/mol. The number of benzene rings is 1. The zero-order valence-corrected chi connectivity index (χ0v) is 12.8. The summed E-state index contributed by atoms with van der Waals surface area (Å²) in [5.74, 6) is 5.93. The van der Waals surface area contributed by atoms with E-state index in [9.17, 15) is 0 Å². The molecule has 0 aliphatic heterocycles. The normalized spacial score (nSPS) is 10.6. The maximum absolute atomic E-state index is 5.93. The van der Waals surface area contributed by atoms with E-state index in [-0.39, 0.29) is 0 Å². The number of para-hydroxylation sites is 1. The molecule has 102 valence electrons. The van der Waals surface area contributed by atoms with Crippen molar-refractivity contribution in [2.24, 2.45) is 5.84 Å². The lowest BCUT2D eigenvalue weighted by Crippen LogP contribution is -2.28. The molecular formula is C15H21N3S. The van der Waals surface area contributed by atoms with Crippen molar-refractivity contribution in [3.8, 4) is 0 Å². The van der Waals surface area contributed by atoms with Gasteiger partial charge < -0.3 is 9.91 Å². The molecule has 2 N–H and O–H groups in total. The highest BCUT2D eigenvalue weighted by molar-refractivity contribution is 7.11. The maximum Gasteiger partial charge on any atom is 0.0750 e. The van der Waals surface area contributed by atoms with Gasteiger partial charge in [-0.05, 0) is 37.6 Å². The molecule has 0 unspecified atom stereocenters. The van der Waals surface area contributed by atoms with Gasteiger partial charge in [0.25, 0.3) is 0 Å². The number of hydrazine groups is 1. The minimum absolute atomic E-state index is 0.907. The lowest BCUT2D eigenvalue weighted by Gasteiger charge is -2.27. The summed E-state index contributed by atoms with van der Waals surface area (Å²) >= 11 is 1.84. The van der Waals surface area contributed by atoms with Crippen molar-refractivity contribution in [2.75, 3.05) is 24.0 Å². The van der Waals surface area contributed by atoms with Crippen molar-refractivity contribution in [2.45, 2.75) is 20.4 Å². The monoisotopic (exact) mass is 275 g/mol. The van der Waals surface area contributed by atoms with Crippen LogP contribution in [0.25, 0.3) is 0 Å². The summed E-state index contributed by atoms with van der Waals surface area (Å²) in [6.45, 7) is 5.17. The molecule has 19 heavy (non-hydrogen) atoms. The highest BCUT2D eigenvalue weighted by Crippen LogP contribution is 2.32. The Balaban J connectivity index is 2.30. The summed E-state index contributed by atoms with van der Waals surface area (Å²) < 4.78 is 0. The van der Waals surface area contributed by atoms with E-state index in [1.54, 1.807) is 5.01 Å². The second-order valence-corrected chi connectivity index (χ2v) is 6.29. The standard InChI is InChI=1S/C15H21N3S/c1-11-6-5-7-14(18(4)16)15(11)17(3)10-13-9-8-12(2)19-13/h5-9H,10,16H2,1-4H3. The number of anilines is 2. The van der Waals surface area contributed by atoms with Crippen LogP contribution in [-0.2, 0) is 6.54 Å². The molecule has 1 heterocycles. The molecule has 0 saturated carbocycles. The fourth-order valence-corrected chi connectivity index (χ4v) is 3.25. The first-order valence-corrected chi connectivity index (χ1v) is 7.15. The van der Waals surface area contributed by atoms with E-state index in [1.165, 1.54) is 21.0 Å². The van der Waals surface area contributed by atoms with Crippen LogP contribution in [0.4, 0.5) is 11.4 Å². The second-order valence-electron chi connectivity index (χ2n) is 4.92. The van der Waals surface area contributed by atoms with Crippen LogP contribution in [0.1, 0.15) is 15.3 Å². The third-order valence-corrected chi connectivity index (χ3v) is 4.15. The van der Waals surface area contributed by atoms with Crippen molar-refractivity contribution in [3.63, 3.8) is 0 Å². The molecule has 0 bridgehead atoms. The Morgan fingerprint density at radius 3 is 2.42 bits per heavy atom. The van der Waals surface area contributed by atoms with Gasteiger partial charge in [0.2, 0.25) is 0 Å². The van der Waals surface area contributed by atoms with Crippen LogP contribution in [-0.4, -0.2) is 14.1 Å². The van der Waals surface area contributed by atoms with E-state index in [0.717, 1.165) is 12.2 Å². The predicted octanol–water partition coefficient (Wildman–Crippen LogP) is 3.31. The van der Waals surface area contributed by atoms with Crippen molar-refractivity contribution >= 4 is 22.7 Å². The van der Waals surface area contributed by atoms with E-state index in [2.05, 4.69) is 50.1 Å². The summed E-state index contributed by atoms with van der Waals surface area (Å²) in [5.41, 5.74) is 3.49. The topological polar surface area (TPSA) is 32.5 Å². The molecular weight excluding hydrogens is 254 g/mol. The van der Waals surface area contributed by atoms with E-state index in [1.807, 2.05) is 24.5 Å². The van der Waals surface area contributed by atoms with Crippen LogP contribution < -0.4 is 15.8 Å². The Morgan fingerprint density at radius 1 is 1.11 bits per heavy atom. The molecule has 0 aliphatic carbocycles. The zero-order chi connectivity index (χ0) is 14.0. The van der Waals surface area contributed by atoms with E-state index >= 15 is 0 Å². The van der Waals surface area contributed by atoms with Crippen LogP contribution in [0.3, 0.4) is 0 Å². The first-order valence-electron chi connectivity index (χ1n) is 6.33. The Morgan fingerprint density at radius 2 is 1.84 bits per heavy atom. The second kappa shape index (κ2) is 5.63. The minimum atomic E-state index is 0.907. The van der Waals surface area contributed by atoms with Gasteiger partial charge in [0.15, 0.2) is 0 Å². The van der Waals surface area contributed by atoms with Crippen LogP contribution in [0.15, 0.2) is 30.3 Å². The number of thiophene rings is 1. The molecule has 0 amide bonds. The number of rotatable bonds is 4. The maximum atomic E-state index is 5.93. The van der Waals surface area contributed by atoms with Gasteiger partial charge in [0.05, 0.1) is 17.9 Å². The zero-order valence-electron chi connectivity index (χ0n) is 12.0. The molecule has 0 saturated heterocycles. The molecule has 0 aliphatic rings. The third kappa shape index (κ3) is 3.08. The van der Waals surface area contributed by atoms with Crippen LogP contribution in [0.2, 0.25) is 0 Å². The van der Waals surface area contributed by atoms with E-state index in [0.29, 0.717) is 0 Å². The molecule has 3 nitrogen and oxygen atoms in total. The summed E-state index contributed by atoms with van der Waals surface area (Å²) in [6, 6.07) is 10.6. The quantitative estimate of drug-likeness (QED) is 0.686. The number of hydrogen-bond donors (Lipinski definition) is 1. The molecule has 0 radical (unpaired) electrons. The summed E-state index contributed by atoms with van der Waals surface area (Å²) in [5, 5.41) is 1.68. The Kier molecular flexibility index (Phi) is 4.12. The van der Waals surface area contributed by atoms with E-state index < -0.39 is 0 Å². The van der Waals surface area contributed by atoms with Crippen LogP contribution in [0.5, 0.6) is 0 Å². The molecule has 4 heteroatoms. The Labute approximate surface area is 119 Å². The average Bonchev–Trinajstić information content (AvgIpc) is 2.74. The third-order valence-electron chi connectivity index (χ3n) is 3.17. The van der Waals surface area contributed by atoms with Gasteiger partial charge in [-0.2, -0.15) is 0 Å². The lowest BCUT2D eigenvalue weighted by molar-refractivity contribution is 0.916. The van der Waals surface area contributed by atoms with Crippen molar-refractivity contribution < 1.29 is 0 Å². The molecule has 0 fully saturated rings. The van der Waals surface area contributed by atoms with Gasteiger partial charge in [-0.25, -0.2) is 5.84 Å². The molecule has 1 aromatic carbocycles. The molecule has 0 spiro atoms. The van der Waals surface area contributed by atoms with E-state index in [4.69, 9.17) is 5.84 Å². The lowest BCUT2D eigenvalue weighted by atomic mass is 10.1. The SMILES string of the molecule is Cc1ccc(CN(C)c2c(C)cccc2N(C)N)s1. The number of nitrogens with zero attached hydrogens (tertiary/aromatic N) is 2. The van der Waals surface area contributed by atoms with Crippen LogP contribution in [0, 0.1) is 13.8 Å². The minimum Gasteiger partial charge on any atom is -0.368 e. The first-order chi connectivity index (χ1) is 8.99. The van der Waals surface area contributed by atoms with Crippen molar-refractivity contribution in [3.05, 3.63) is 45.6 Å². The Bertz CT molecular complexity index is 560. The fraction of sp³-hybridized carbons (Fsp3) is 0.333. The molecule has 2 rings (SSSR count). The van der Waals surface area contributed by atoms with Gasteiger partial charge >= 0.3 is 0 Å². The highest BCUT2D eigenvalue weighted by Gasteiger charge is 2.13. The molecule has 1 aromatic heterocycles. The largest absolute Gasteiger partial charge is 0.368 e. The van der Waals surface area contributed by atoms with Crippen LogP contribution >= 0.6 is 11.3 Å². The fourth-order valence-electron chi connectivity index (χ4n) is 2.31. The number of nitrogens with two attached hydrogens (primary N) is 1. The average molecular weight is 275 g/mol. The molecule has 0 atom stereocenters.